The van der Waals surface area contributed by atoms with Crippen molar-refractivity contribution in [2.75, 3.05) is 13.1 Å². The molecule has 0 aliphatic carbocycles. The highest BCUT2D eigenvalue weighted by Crippen LogP contribution is 2.28. The van der Waals surface area contributed by atoms with Crippen molar-refractivity contribution in [1.29, 1.82) is 0 Å². The summed E-state index contributed by atoms with van der Waals surface area (Å²) in [4.78, 5) is 13.2. The van der Waals surface area contributed by atoms with Crippen molar-refractivity contribution in [3.63, 3.8) is 0 Å². The predicted molar refractivity (Wildman–Crippen MR) is 146 cm³/mol. The lowest BCUT2D eigenvalue weighted by molar-refractivity contribution is -0.136. The van der Waals surface area contributed by atoms with Crippen LogP contribution < -0.4 is 9.47 Å². The Labute approximate surface area is 218 Å². The number of piperidine rings is 1. The van der Waals surface area contributed by atoms with Crippen molar-refractivity contribution in [1.82, 2.24) is 4.90 Å². The van der Waals surface area contributed by atoms with E-state index >= 15 is 0 Å². The number of carboxylic acid groups (broad SMARTS) is 1. The van der Waals surface area contributed by atoms with E-state index in [4.69, 9.17) is 14.6 Å². The van der Waals surface area contributed by atoms with Crippen LogP contribution >= 0.6 is 0 Å². The van der Waals surface area contributed by atoms with E-state index in [-0.39, 0.29) is 12.5 Å². The minimum Gasteiger partial charge on any atom is -0.490 e. The third-order valence-electron chi connectivity index (χ3n) is 6.96. The fourth-order valence-corrected chi connectivity index (χ4v) is 4.83. The molecule has 1 aliphatic rings. The molecular weight excluding hydrogens is 462 g/mol. The molecule has 1 saturated heterocycles. The van der Waals surface area contributed by atoms with Crippen LogP contribution in [0.15, 0.2) is 91.0 Å². The van der Waals surface area contributed by atoms with E-state index in [1.165, 1.54) is 16.3 Å². The molecule has 0 aromatic heterocycles. The van der Waals surface area contributed by atoms with Crippen LogP contribution in [0.3, 0.4) is 0 Å². The number of benzene rings is 4. The Balaban J connectivity index is 1.06. The zero-order valence-corrected chi connectivity index (χ0v) is 21.0. The number of hydrogen-bond acceptors (Lipinski definition) is 4. The minimum atomic E-state index is -0.779. The normalized spacial score (nSPS) is 14.5. The van der Waals surface area contributed by atoms with Crippen LogP contribution in [0.5, 0.6) is 11.5 Å². The SMILES string of the molecule is O=C(O)CCc1ccc(OCc2ccc(CN3CCC(Oc4cccc5ccccc45)CC3)cc2)cc1. The largest absolute Gasteiger partial charge is 0.490 e. The average molecular weight is 496 g/mol. The number of rotatable bonds is 10. The van der Waals surface area contributed by atoms with Gasteiger partial charge in [0.05, 0.1) is 0 Å². The molecule has 0 atom stereocenters. The van der Waals surface area contributed by atoms with Crippen molar-refractivity contribution in [3.05, 3.63) is 108 Å². The maximum absolute atomic E-state index is 10.7. The molecular formula is C32H33NO4. The van der Waals surface area contributed by atoms with Crippen molar-refractivity contribution in [2.45, 2.75) is 44.9 Å². The van der Waals surface area contributed by atoms with Gasteiger partial charge in [0, 0.05) is 31.4 Å². The molecule has 0 saturated carbocycles. The first-order valence-electron chi connectivity index (χ1n) is 13.0. The lowest BCUT2D eigenvalue weighted by Crippen LogP contribution is -2.37. The van der Waals surface area contributed by atoms with Crippen LogP contribution in [-0.4, -0.2) is 35.2 Å². The Bertz CT molecular complexity index is 1300. The molecule has 0 radical (unpaired) electrons. The maximum Gasteiger partial charge on any atom is 0.303 e. The summed E-state index contributed by atoms with van der Waals surface area (Å²) in [6.45, 7) is 3.51. The Kier molecular flexibility index (Phi) is 8.02. The topological polar surface area (TPSA) is 59.0 Å². The lowest BCUT2D eigenvalue weighted by atomic mass is 10.1. The van der Waals surface area contributed by atoms with Gasteiger partial charge in [-0.2, -0.15) is 0 Å². The molecule has 1 N–H and O–H groups in total. The maximum atomic E-state index is 10.7. The number of carboxylic acids is 1. The summed E-state index contributed by atoms with van der Waals surface area (Å²) in [5.74, 6) is 0.999. The van der Waals surface area contributed by atoms with Gasteiger partial charge in [-0.05, 0) is 59.5 Å². The number of aliphatic carboxylic acids is 1. The van der Waals surface area contributed by atoms with Crippen LogP contribution in [0, 0.1) is 0 Å². The summed E-state index contributed by atoms with van der Waals surface area (Å²) in [6.07, 6.45) is 3.00. The molecule has 0 amide bonds. The standard InChI is InChI=1S/C32H33NO4/c34-32(35)17-14-24-12-15-28(16-13-24)36-23-26-10-8-25(9-11-26)22-33-20-18-29(19-21-33)37-31-7-3-5-27-4-1-2-6-30(27)31/h1-13,15-16,29H,14,17-23H2,(H,34,35). The summed E-state index contributed by atoms with van der Waals surface area (Å²) >= 11 is 0. The zero-order valence-electron chi connectivity index (χ0n) is 21.0. The lowest BCUT2D eigenvalue weighted by Gasteiger charge is -2.32. The molecule has 4 aromatic rings. The van der Waals surface area contributed by atoms with Gasteiger partial charge in [0.25, 0.3) is 0 Å². The number of hydrogen-bond donors (Lipinski definition) is 1. The first kappa shape index (κ1) is 24.8. The van der Waals surface area contributed by atoms with Crippen LogP contribution in [0.2, 0.25) is 0 Å². The van der Waals surface area contributed by atoms with E-state index in [0.29, 0.717) is 13.0 Å². The molecule has 0 spiro atoms. The highest BCUT2D eigenvalue weighted by molar-refractivity contribution is 5.88. The second kappa shape index (κ2) is 11.9. The number of aryl methyl sites for hydroxylation is 1. The number of fused-ring (bicyclic) bond motifs is 1. The van der Waals surface area contributed by atoms with Gasteiger partial charge >= 0.3 is 5.97 Å². The van der Waals surface area contributed by atoms with Crippen molar-refractivity contribution in [3.8, 4) is 11.5 Å². The van der Waals surface area contributed by atoms with E-state index < -0.39 is 5.97 Å². The molecule has 0 bridgehead atoms. The average Bonchev–Trinajstić information content (AvgIpc) is 2.93. The van der Waals surface area contributed by atoms with Gasteiger partial charge in [0.1, 0.15) is 24.2 Å². The van der Waals surface area contributed by atoms with E-state index in [1.54, 1.807) is 0 Å². The summed E-state index contributed by atoms with van der Waals surface area (Å²) in [5.41, 5.74) is 3.43. The molecule has 5 nitrogen and oxygen atoms in total. The Morgan fingerprint density at radius 3 is 2.24 bits per heavy atom. The Morgan fingerprint density at radius 1 is 0.811 bits per heavy atom. The van der Waals surface area contributed by atoms with Crippen molar-refractivity contribution in [2.24, 2.45) is 0 Å². The molecule has 4 aromatic carbocycles. The van der Waals surface area contributed by atoms with Crippen LogP contribution in [0.25, 0.3) is 10.8 Å². The molecule has 1 aliphatic heterocycles. The summed E-state index contributed by atoms with van der Waals surface area (Å²) in [7, 11) is 0. The van der Waals surface area contributed by atoms with Gasteiger partial charge in [-0.15, -0.1) is 0 Å². The van der Waals surface area contributed by atoms with E-state index in [1.807, 2.05) is 24.3 Å². The Hall–Kier alpha value is -3.83. The third kappa shape index (κ3) is 6.89. The molecule has 190 valence electrons. The summed E-state index contributed by atoms with van der Waals surface area (Å²) < 4.78 is 12.3. The number of carbonyl (C=O) groups is 1. The molecule has 1 fully saturated rings. The Morgan fingerprint density at radius 2 is 1.49 bits per heavy atom. The first-order chi connectivity index (χ1) is 18.1. The third-order valence-corrected chi connectivity index (χ3v) is 6.96. The van der Waals surface area contributed by atoms with Gasteiger partial charge in [-0.1, -0.05) is 72.8 Å². The zero-order chi connectivity index (χ0) is 25.5. The van der Waals surface area contributed by atoms with Crippen molar-refractivity contribution >= 4 is 16.7 Å². The summed E-state index contributed by atoms with van der Waals surface area (Å²) in [5, 5.41) is 11.2. The molecule has 37 heavy (non-hydrogen) atoms. The second-order valence-corrected chi connectivity index (χ2v) is 9.71. The molecule has 5 heteroatoms. The predicted octanol–water partition coefficient (Wildman–Crippen LogP) is 6.48. The fraction of sp³-hybridized carbons (Fsp3) is 0.281. The van der Waals surface area contributed by atoms with Gasteiger partial charge in [-0.25, -0.2) is 0 Å². The first-order valence-corrected chi connectivity index (χ1v) is 13.0. The van der Waals surface area contributed by atoms with Gasteiger partial charge in [0.2, 0.25) is 0 Å². The molecule has 0 unspecified atom stereocenters. The van der Waals surface area contributed by atoms with Crippen LogP contribution in [0.4, 0.5) is 0 Å². The number of nitrogens with zero attached hydrogens (tertiary/aromatic N) is 1. The smallest absolute Gasteiger partial charge is 0.303 e. The highest BCUT2D eigenvalue weighted by Gasteiger charge is 2.21. The minimum absolute atomic E-state index is 0.142. The fourth-order valence-electron chi connectivity index (χ4n) is 4.83. The van der Waals surface area contributed by atoms with Gasteiger partial charge in [-0.3, -0.25) is 9.69 Å². The second-order valence-electron chi connectivity index (χ2n) is 9.71. The van der Waals surface area contributed by atoms with Gasteiger partial charge in [0.15, 0.2) is 0 Å². The van der Waals surface area contributed by atoms with E-state index in [0.717, 1.165) is 55.1 Å². The van der Waals surface area contributed by atoms with Gasteiger partial charge < -0.3 is 14.6 Å². The number of ether oxygens (including phenoxy) is 2. The van der Waals surface area contributed by atoms with E-state index in [2.05, 4.69) is 71.6 Å². The number of likely N-dealkylation sites (tertiary alicyclic amines) is 1. The molecule has 1 heterocycles. The monoisotopic (exact) mass is 495 g/mol. The van der Waals surface area contributed by atoms with Crippen LogP contribution in [-0.2, 0) is 24.4 Å². The van der Waals surface area contributed by atoms with Crippen molar-refractivity contribution < 1.29 is 19.4 Å². The highest BCUT2D eigenvalue weighted by atomic mass is 16.5. The van der Waals surface area contributed by atoms with Crippen LogP contribution in [0.1, 0.15) is 36.0 Å². The quantitative estimate of drug-likeness (QED) is 0.273. The summed E-state index contributed by atoms with van der Waals surface area (Å²) in [6, 6.07) is 31.0. The van der Waals surface area contributed by atoms with E-state index in [9.17, 15) is 4.79 Å². The molecule has 5 rings (SSSR count).